The minimum absolute atomic E-state index is 0.0174. The van der Waals surface area contributed by atoms with E-state index in [2.05, 4.69) is 21.7 Å². The molecule has 9 heteroatoms. The van der Waals surface area contributed by atoms with Gasteiger partial charge in [-0.05, 0) is 53.4 Å². The predicted molar refractivity (Wildman–Crippen MR) is 136 cm³/mol. The van der Waals surface area contributed by atoms with Gasteiger partial charge in [-0.3, -0.25) is 9.59 Å². The number of rotatable bonds is 9. The molecular weight excluding hydrogens is 473 g/mol. The normalized spacial score (nSPS) is 14.7. The number of nitrogens with one attached hydrogen (secondary N) is 2. The maximum absolute atomic E-state index is 14.0. The SMILES string of the molecule is CC(=O)N1CC(Oc2ccc(NC(=O)[C@H](NC[C@@H](C)c3ccc(C#N)cc3)c3cccc(F)c3)nc2)C1. The summed E-state index contributed by atoms with van der Waals surface area (Å²) in [7, 11) is 0. The van der Waals surface area contributed by atoms with Crippen LogP contribution >= 0.6 is 0 Å². The van der Waals surface area contributed by atoms with Crippen molar-refractivity contribution in [3.8, 4) is 11.8 Å². The number of anilines is 1. The molecule has 1 saturated heterocycles. The van der Waals surface area contributed by atoms with Crippen LogP contribution in [0.25, 0.3) is 0 Å². The van der Waals surface area contributed by atoms with Crippen LogP contribution in [0, 0.1) is 17.1 Å². The molecule has 2 aromatic carbocycles. The molecule has 1 fully saturated rings. The number of hydrogen-bond donors (Lipinski definition) is 2. The largest absolute Gasteiger partial charge is 0.485 e. The lowest BCUT2D eigenvalue weighted by Gasteiger charge is -2.38. The molecule has 2 atom stereocenters. The maximum Gasteiger partial charge on any atom is 0.247 e. The minimum Gasteiger partial charge on any atom is -0.485 e. The van der Waals surface area contributed by atoms with Crippen LogP contribution in [0.4, 0.5) is 10.2 Å². The van der Waals surface area contributed by atoms with E-state index in [0.717, 1.165) is 5.56 Å². The van der Waals surface area contributed by atoms with E-state index in [-0.39, 0.29) is 23.8 Å². The zero-order valence-electron chi connectivity index (χ0n) is 20.6. The van der Waals surface area contributed by atoms with E-state index in [0.29, 0.717) is 42.3 Å². The maximum atomic E-state index is 14.0. The summed E-state index contributed by atoms with van der Waals surface area (Å²) >= 11 is 0. The third kappa shape index (κ3) is 6.68. The van der Waals surface area contributed by atoms with Gasteiger partial charge in [-0.1, -0.05) is 31.2 Å². The highest BCUT2D eigenvalue weighted by molar-refractivity contribution is 5.94. The van der Waals surface area contributed by atoms with Crippen LogP contribution in [0.15, 0.2) is 66.9 Å². The molecule has 0 unspecified atom stereocenters. The molecule has 2 heterocycles. The highest BCUT2D eigenvalue weighted by Gasteiger charge is 2.30. The van der Waals surface area contributed by atoms with Gasteiger partial charge in [0, 0.05) is 13.5 Å². The van der Waals surface area contributed by atoms with Crippen LogP contribution in [0.2, 0.25) is 0 Å². The molecular formula is C28H28FN5O3. The topological polar surface area (TPSA) is 107 Å². The average molecular weight is 502 g/mol. The van der Waals surface area contributed by atoms with Gasteiger partial charge in [0.25, 0.3) is 0 Å². The molecule has 37 heavy (non-hydrogen) atoms. The quantitative estimate of drug-likeness (QED) is 0.462. The Morgan fingerprint density at radius 1 is 1.16 bits per heavy atom. The zero-order chi connectivity index (χ0) is 26.4. The second kappa shape index (κ2) is 11.6. The van der Waals surface area contributed by atoms with Crippen molar-refractivity contribution in [2.75, 3.05) is 25.0 Å². The lowest BCUT2D eigenvalue weighted by atomic mass is 9.98. The molecule has 2 N–H and O–H groups in total. The van der Waals surface area contributed by atoms with E-state index in [9.17, 15) is 14.0 Å². The van der Waals surface area contributed by atoms with Gasteiger partial charge < -0.3 is 20.3 Å². The number of nitriles is 1. The van der Waals surface area contributed by atoms with Gasteiger partial charge in [0.15, 0.2) is 0 Å². The number of carbonyl (C=O) groups is 2. The van der Waals surface area contributed by atoms with Gasteiger partial charge in [0.05, 0.1) is 30.9 Å². The number of halogens is 1. The first-order valence-corrected chi connectivity index (χ1v) is 12.0. The summed E-state index contributed by atoms with van der Waals surface area (Å²) in [6.45, 7) is 5.05. The van der Waals surface area contributed by atoms with E-state index < -0.39 is 11.9 Å². The Hall–Kier alpha value is -4.29. The van der Waals surface area contributed by atoms with Gasteiger partial charge in [0.1, 0.15) is 29.5 Å². The molecule has 0 aliphatic carbocycles. The van der Waals surface area contributed by atoms with Gasteiger partial charge >= 0.3 is 0 Å². The van der Waals surface area contributed by atoms with Crippen LogP contribution in [0.1, 0.15) is 42.5 Å². The van der Waals surface area contributed by atoms with E-state index in [1.165, 1.54) is 25.3 Å². The van der Waals surface area contributed by atoms with Crippen LogP contribution in [-0.4, -0.2) is 47.4 Å². The Kier molecular flexibility index (Phi) is 8.11. The summed E-state index contributed by atoms with van der Waals surface area (Å²) in [6, 6.07) is 17.8. The molecule has 1 aliphatic rings. The number of pyridine rings is 1. The lowest BCUT2D eigenvalue weighted by molar-refractivity contribution is -0.137. The summed E-state index contributed by atoms with van der Waals surface area (Å²) in [6.07, 6.45) is 1.44. The summed E-state index contributed by atoms with van der Waals surface area (Å²) in [5, 5.41) is 15.0. The molecule has 0 saturated carbocycles. The number of nitrogens with zero attached hydrogens (tertiary/aromatic N) is 3. The van der Waals surface area contributed by atoms with E-state index in [4.69, 9.17) is 10.00 Å². The van der Waals surface area contributed by atoms with Crippen LogP contribution in [-0.2, 0) is 9.59 Å². The second-order valence-electron chi connectivity index (χ2n) is 9.06. The molecule has 1 aliphatic heterocycles. The molecule has 0 spiro atoms. The Labute approximate surface area is 215 Å². The highest BCUT2D eigenvalue weighted by Crippen LogP contribution is 2.22. The van der Waals surface area contributed by atoms with Crippen molar-refractivity contribution in [3.05, 3.63) is 89.4 Å². The molecule has 1 aromatic heterocycles. The minimum atomic E-state index is -0.818. The van der Waals surface area contributed by atoms with Gasteiger partial charge in [-0.2, -0.15) is 5.26 Å². The van der Waals surface area contributed by atoms with Crippen molar-refractivity contribution in [1.29, 1.82) is 5.26 Å². The second-order valence-corrected chi connectivity index (χ2v) is 9.06. The number of hydrogen-bond acceptors (Lipinski definition) is 6. The number of ether oxygens (including phenoxy) is 1. The van der Waals surface area contributed by atoms with E-state index in [1.54, 1.807) is 41.3 Å². The number of aromatic nitrogens is 1. The number of likely N-dealkylation sites (tertiary alicyclic amines) is 1. The third-order valence-electron chi connectivity index (χ3n) is 6.26. The van der Waals surface area contributed by atoms with Crippen molar-refractivity contribution in [3.63, 3.8) is 0 Å². The Morgan fingerprint density at radius 2 is 1.92 bits per heavy atom. The lowest BCUT2D eigenvalue weighted by Crippen LogP contribution is -2.55. The first-order chi connectivity index (χ1) is 17.8. The van der Waals surface area contributed by atoms with Crippen molar-refractivity contribution >= 4 is 17.6 Å². The fourth-order valence-corrected chi connectivity index (χ4v) is 4.03. The molecule has 0 bridgehead atoms. The van der Waals surface area contributed by atoms with Gasteiger partial charge in [0.2, 0.25) is 11.8 Å². The monoisotopic (exact) mass is 501 g/mol. The van der Waals surface area contributed by atoms with Gasteiger partial charge in [-0.15, -0.1) is 0 Å². The van der Waals surface area contributed by atoms with Crippen molar-refractivity contribution < 1.29 is 18.7 Å². The fraction of sp³-hybridized carbons (Fsp3) is 0.286. The summed E-state index contributed by atoms with van der Waals surface area (Å²) in [5.74, 6) is 0.119. The van der Waals surface area contributed by atoms with Crippen LogP contribution in [0.5, 0.6) is 5.75 Å². The highest BCUT2D eigenvalue weighted by atomic mass is 19.1. The van der Waals surface area contributed by atoms with Crippen molar-refractivity contribution in [2.24, 2.45) is 0 Å². The molecule has 3 aromatic rings. The average Bonchev–Trinajstić information content (AvgIpc) is 2.86. The fourth-order valence-electron chi connectivity index (χ4n) is 4.03. The summed E-state index contributed by atoms with van der Waals surface area (Å²) in [5.41, 5.74) is 2.08. The van der Waals surface area contributed by atoms with Crippen molar-refractivity contribution in [2.45, 2.75) is 31.9 Å². The van der Waals surface area contributed by atoms with Gasteiger partial charge in [-0.25, -0.2) is 9.37 Å². The Balaban J connectivity index is 1.40. The molecule has 0 radical (unpaired) electrons. The summed E-state index contributed by atoms with van der Waals surface area (Å²) < 4.78 is 19.8. The third-order valence-corrected chi connectivity index (χ3v) is 6.26. The van der Waals surface area contributed by atoms with E-state index >= 15 is 0 Å². The Morgan fingerprint density at radius 3 is 2.54 bits per heavy atom. The molecule has 190 valence electrons. The zero-order valence-corrected chi connectivity index (χ0v) is 20.6. The molecule has 4 rings (SSSR count). The summed E-state index contributed by atoms with van der Waals surface area (Å²) in [4.78, 5) is 30.5. The first kappa shape index (κ1) is 25.8. The standard InChI is InChI=1S/C28H28FN5O3/c1-18(21-8-6-20(13-30)7-9-21)14-32-27(22-4-3-5-23(29)12-22)28(36)33-26-11-10-24(15-31-26)37-25-16-34(17-25)19(2)35/h3-12,15,18,25,27,32H,14,16-17H2,1-2H3,(H,31,33,36)/t18-,27-/m1/s1. The van der Waals surface area contributed by atoms with E-state index in [1.807, 2.05) is 19.1 Å². The van der Waals surface area contributed by atoms with Crippen molar-refractivity contribution in [1.82, 2.24) is 15.2 Å². The first-order valence-electron chi connectivity index (χ1n) is 12.0. The van der Waals surface area contributed by atoms with Crippen LogP contribution in [0.3, 0.4) is 0 Å². The molecule has 8 nitrogen and oxygen atoms in total. The number of benzene rings is 2. The molecule has 2 amide bonds. The number of amides is 2. The number of carbonyl (C=O) groups excluding carboxylic acids is 2. The Bertz CT molecular complexity index is 1280. The van der Waals surface area contributed by atoms with Crippen LogP contribution < -0.4 is 15.4 Å². The smallest absolute Gasteiger partial charge is 0.247 e. The predicted octanol–water partition coefficient (Wildman–Crippen LogP) is 3.77.